The van der Waals surface area contributed by atoms with E-state index in [0.29, 0.717) is 43.0 Å². The molecule has 3 rings (SSSR count). The number of ether oxygens (including phenoxy) is 4. The molecule has 0 aromatic carbocycles. The number of nitrogens with one attached hydrogen (secondary N) is 1. The third kappa shape index (κ3) is 4.81. The van der Waals surface area contributed by atoms with Crippen LogP contribution in [-0.2, 0) is 35.0 Å². The first-order chi connectivity index (χ1) is 15.0. The Labute approximate surface area is 188 Å². The predicted molar refractivity (Wildman–Crippen MR) is 116 cm³/mol. The zero-order valence-corrected chi connectivity index (χ0v) is 19.5. The van der Waals surface area contributed by atoms with Crippen LogP contribution < -0.4 is 0 Å². The molecule has 0 spiro atoms. The Morgan fingerprint density at radius 1 is 1.25 bits per heavy atom. The summed E-state index contributed by atoms with van der Waals surface area (Å²) in [4.78, 5) is 40.7. The van der Waals surface area contributed by atoms with E-state index >= 15 is 0 Å². The number of ketones is 1. The molecule has 0 amide bonds. The van der Waals surface area contributed by atoms with Crippen molar-refractivity contribution in [1.82, 2.24) is 4.98 Å². The van der Waals surface area contributed by atoms with Gasteiger partial charge < -0.3 is 23.9 Å². The summed E-state index contributed by atoms with van der Waals surface area (Å²) in [5.74, 6) is -1.04. The molecule has 0 saturated carbocycles. The first kappa shape index (κ1) is 24.2. The third-order valence-corrected chi connectivity index (χ3v) is 6.22. The highest BCUT2D eigenvalue weighted by molar-refractivity contribution is 6.02. The number of cyclic esters (lactones) is 1. The average Bonchev–Trinajstić information content (AvgIpc) is 3.22. The molecule has 8 nitrogen and oxygen atoms in total. The molecule has 1 aromatic heterocycles. The van der Waals surface area contributed by atoms with Crippen LogP contribution in [0.2, 0.25) is 0 Å². The largest absolute Gasteiger partial charge is 0.469 e. The van der Waals surface area contributed by atoms with Gasteiger partial charge in [0.2, 0.25) is 5.78 Å². The molecule has 2 aliphatic heterocycles. The van der Waals surface area contributed by atoms with E-state index < -0.39 is 23.8 Å². The summed E-state index contributed by atoms with van der Waals surface area (Å²) in [6.45, 7) is 12.4. The molecule has 2 fully saturated rings. The summed E-state index contributed by atoms with van der Waals surface area (Å²) >= 11 is 0. The van der Waals surface area contributed by atoms with Gasteiger partial charge in [-0.15, -0.1) is 6.58 Å². The van der Waals surface area contributed by atoms with E-state index in [2.05, 4.69) is 11.6 Å². The maximum atomic E-state index is 13.3. The van der Waals surface area contributed by atoms with Crippen molar-refractivity contribution in [3.63, 3.8) is 0 Å². The second-order valence-electron chi connectivity index (χ2n) is 9.73. The van der Waals surface area contributed by atoms with E-state index in [0.717, 1.165) is 5.56 Å². The number of aromatic nitrogens is 1. The van der Waals surface area contributed by atoms with Gasteiger partial charge in [-0.1, -0.05) is 19.9 Å². The van der Waals surface area contributed by atoms with Crippen molar-refractivity contribution in [2.45, 2.75) is 65.8 Å². The molecule has 1 N–H and O–H groups in total. The Bertz CT molecular complexity index is 906. The summed E-state index contributed by atoms with van der Waals surface area (Å²) in [5.41, 5.74) is 1.55. The minimum absolute atomic E-state index is 0.114. The summed E-state index contributed by atoms with van der Waals surface area (Å²) in [5, 5.41) is 0. The maximum absolute atomic E-state index is 13.3. The Morgan fingerprint density at radius 3 is 2.50 bits per heavy atom. The van der Waals surface area contributed by atoms with E-state index in [4.69, 9.17) is 18.9 Å². The molecule has 2 aliphatic rings. The normalized spacial score (nSPS) is 25.4. The number of methoxy groups -OCH3 is 1. The first-order valence-electron chi connectivity index (χ1n) is 10.9. The van der Waals surface area contributed by atoms with E-state index in [1.807, 2.05) is 20.8 Å². The van der Waals surface area contributed by atoms with Crippen LogP contribution in [0.25, 0.3) is 0 Å². The highest BCUT2D eigenvalue weighted by Crippen LogP contribution is 2.40. The van der Waals surface area contributed by atoms with Crippen molar-refractivity contribution < 1.29 is 33.3 Å². The molecular weight excluding hydrogens is 414 g/mol. The van der Waals surface area contributed by atoms with Crippen LogP contribution in [0.5, 0.6) is 0 Å². The van der Waals surface area contributed by atoms with Crippen LogP contribution in [0.4, 0.5) is 0 Å². The standard InChI is InChI=1S/C24H33NO7/c1-7-10-24(5)11-16(32-22(24)28)20(27)18-14(2)15(8-9-17(26)29-6)19(25-18)21-30-12-23(3,4)13-31-21/h7,16,21,25H,1,8-13H2,2-6H3/t16-,24-/m0/s1. The summed E-state index contributed by atoms with van der Waals surface area (Å²) in [6.07, 6.45) is 1.36. The number of aromatic amines is 1. The molecule has 32 heavy (non-hydrogen) atoms. The van der Waals surface area contributed by atoms with E-state index in [9.17, 15) is 14.4 Å². The fraction of sp³-hybridized carbons (Fsp3) is 0.625. The van der Waals surface area contributed by atoms with Gasteiger partial charge in [0.1, 0.15) is 0 Å². The highest BCUT2D eigenvalue weighted by atomic mass is 16.7. The first-order valence-corrected chi connectivity index (χ1v) is 10.9. The molecule has 176 valence electrons. The molecular formula is C24H33NO7. The van der Waals surface area contributed by atoms with Gasteiger partial charge >= 0.3 is 11.9 Å². The van der Waals surface area contributed by atoms with Gasteiger partial charge in [0.15, 0.2) is 12.4 Å². The third-order valence-electron chi connectivity index (χ3n) is 6.22. The van der Waals surface area contributed by atoms with Crippen LogP contribution in [0.1, 0.15) is 73.6 Å². The second kappa shape index (κ2) is 9.19. The molecule has 3 heterocycles. The van der Waals surface area contributed by atoms with Crippen molar-refractivity contribution in [3.8, 4) is 0 Å². The zero-order valence-electron chi connectivity index (χ0n) is 19.5. The van der Waals surface area contributed by atoms with Gasteiger partial charge in [-0.05, 0) is 37.8 Å². The predicted octanol–water partition coefficient (Wildman–Crippen LogP) is 3.58. The van der Waals surface area contributed by atoms with Crippen molar-refractivity contribution in [3.05, 3.63) is 35.2 Å². The van der Waals surface area contributed by atoms with Crippen molar-refractivity contribution in [2.75, 3.05) is 20.3 Å². The quantitative estimate of drug-likeness (QED) is 0.369. The molecule has 0 aliphatic carbocycles. The lowest BCUT2D eigenvalue weighted by atomic mass is 9.82. The monoisotopic (exact) mass is 447 g/mol. The number of hydrogen-bond acceptors (Lipinski definition) is 7. The van der Waals surface area contributed by atoms with Crippen LogP contribution in [0, 0.1) is 17.8 Å². The van der Waals surface area contributed by atoms with Crippen molar-refractivity contribution in [1.29, 1.82) is 0 Å². The number of esters is 2. The van der Waals surface area contributed by atoms with Gasteiger partial charge in [-0.3, -0.25) is 14.4 Å². The number of Topliss-reactive ketones (excluding diaryl/α,β-unsaturated/α-hetero) is 1. The molecule has 0 bridgehead atoms. The van der Waals surface area contributed by atoms with Crippen molar-refractivity contribution >= 4 is 17.7 Å². The lowest BCUT2D eigenvalue weighted by Gasteiger charge is -2.34. The van der Waals surface area contributed by atoms with Crippen LogP contribution in [0.15, 0.2) is 12.7 Å². The fourth-order valence-electron chi connectivity index (χ4n) is 4.21. The lowest BCUT2D eigenvalue weighted by molar-refractivity contribution is -0.228. The Hall–Kier alpha value is -2.45. The Morgan fingerprint density at radius 2 is 1.91 bits per heavy atom. The van der Waals surface area contributed by atoms with Crippen LogP contribution in [0.3, 0.4) is 0 Å². The number of carbonyl (C=O) groups is 3. The number of allylic oxidation sites excluding steroid dienone is 1. The highest BCUT2D eigenvalue weighted by Gasteiger charge is 2.48. The number of H-pyrrole nitrogens is 1. The van der Waals surface area contributed by atoms with Crippen LogP contribution >= 0.6 is 0 Å². The average molecular weight is 448 g/mol. The van der Waals surface area contributed by atoms with Gasteiger partial charge in [0.05, 0.1) is 37.1 Å². The topological polar surface area (TPSA) is 104 Å². The summed E-state index contributed by atoms with van der Waals surface area (Å²) in [6, 6.07) is 0. The van der Waals surface area contributed by atoms with Crippen molar-refractivity contribution in [2.24, 2.45) is 10.8 Å². The number of carbonyl (C=O) groups excluding carboxylic acids is 3. The molecule has 0 radical (unpaired) electrons. The summed E-state index contributed by atoms with van der Waals surface area (Å²) in [7, 11) is 1.34. The Balaban J connectivity index is 1.90. The van der Waals surface area contributed by atoms with E-state index in [1.165, 1.54) is 7.11 Å². The molecule has 8 heteroatoms. The maximum Gasteiger partial charge on any atom is 0.312 e. The second-order valence-corrected chi connectivity index (χ2v) is 9.73. The lowest BCUT2D eigenvalue weighted by Crippen LogP contribution is -2.34. The molecule has 2 atom stereocenters. The van der Waals surface area contributed by atoms with Gasteiger partial charge in [0, 0.05) is 18.3 Å². The van der Waals surface area contributed by atoms with Gasteiger partial charge in [-0.2, -0.15) is 0 Å². The zero-order chi connectivity index (χ0) is 23.7. The minimum atomic E-state index is -0.877. The Kier molecular flexibility index (Phi) is 6.95. The SMILES string of the molecule is C=CC[C@@]1(C)C[C@@H](C(=O)c2[nH]c(C3OCC(C)(C)CO3)c(CCC(=O)OC)c2C)OC1=O. The number of rotatable bonds is 8. The van der Waals surface area contributed by atoms with Gasteiger partial charge in [0.25, 0.3) is 0 Å². The minimum Gasteiger partial charge on any atom is -0.469 e. The van der Waals surface area contributed by atoms with E-state index in [-0.39, 0.29) is 30.0 Å². The molecule has 0 unspecified atom stereocenters. The molecule has 2 saturated heterocycles. The number of hydrogen-bond donors (Lipinski definition) is 1. The fourth-order valence-corrected chi connectivity index (χ4v) is 4.21. The smallest absolute Gasteiger partial charge is 0.312 e. The molecule has 1 aromatic rings. The van der Waals surface area contributed by atoms with Gasteiger partial charge in [-0.25, -0.2) is 0 Å². The van der Waals surface area contributed by atoms with E-state index in [1.54, 1.807) is 13.0 Å². The van der Waals surface area contributed by atoms with Crippen LogP contribution in [-0.4, -0.2) is 49.1 Å². The summed E-state index contributed by atoms with van der Waals surface area (Å²) < 4.78 is 22.1.